The Kier molecular flexibility index (Phi) is 3.19. The van der Waals surface area contributed by atoms with E-state index in [1.807, 2.05) is 32.9 Å². The first-order chi connectivity index (χ1) is 8.49. The molecule has 1 aromatic heterocycles. The number of carboxylic acids is 1. The van der Waals surface area contributed by atoms with Crippen molar-refractivity contribution in [1.29, 1.82) is 0 Å². The monoisotopic (exact) mass is 244 g/mol. The largest absolute Gasteiger partial charge is 0.481 e. The molecule has 0 saturated heterocycles. The van der Waals surface area contributed by atoms with E-state index in [0.717, 1.165) is 22.4 Å². The van der Waals surface area contributed by atoms with Crippen molar-refractivity contribution in [2.75, 3.05) is 0 Å². The lowest BCUT2D eigenvalue weighted by atomic mass is 9.96. The van der Waals surface area contributed by atoms with E-state index in [2.05, 4.69) is 16.3 Å². The van der Waals surface area contributed by atoms with Gasteiger partial charge in [0.15, 0.2) is 0 Å². The van der Waals surface area contributed by atoms with Crippen molar-refractivity contribution in [1.82, 2.24) is 10.2 Å². The summed E-state index contributed by atoms with van der Waals surface area (Å²) in [5.74, 6) is -0.868. The van der Waals surface area contributed by atoms with Gasteiger partial charge < -0.3 is 5.11 Å². The number of hydrogen-bond acceptors (Lipinski definition) is 2. The van der Waals surface area contributed by atoms with E-state index in [9.17, 15) is 4.79 Å². The Morgan fingerprint density at radius 1 is 1.33 bits per heavy atom. The van der Waals surface area contributed by atoms with Crippen molar-refractivity contribution in [3.63, 3.8) is 0 Å². The van der Waals surface area contributed by atoms with Crippen molar-refractivity contribution in [3.8, 4) is 11.1 Å². The molecular formula is C14H16N2O2. The molecule has 4 nitrogen and oxygen atoms in total. The Morgan fingerprint density at radius 3 is 2.67 bits per heavy atom. The van der Waals surface area contributed by atoms with E-state index < -0.39 is 5.97 Å². The highest BCUT2D eigenvalue weighted by atomic mass is 16.4. The van der Waals surface area contributed by atoms with Crippen LogP contribution in [0, 0.1) is 20.8 Å². The summed E-state index contributed by atoms with van der Waals surface area (Å²) in [5, 5.41) is 15.9. The normalized spacial score (nSPS) is 10.6. The van der Waals surface area contributed by atoms with Crippen LogP contribution in [0.25, 0.3) is 11.1 Å². The Morgan fingerprint density at radius 2 is 2.06 bits per heavy atom. The molecule has 2 aromatic rings. The highest BCUT2D eigenvalue weighted by molar-refractivity contribution is 5.78. The fraction of sp³-hybridized carbons (Fsp3) is 0.286. The smallest absolute Gasteiger partial charge is 0.309 e. The maximum Gasteiger partial charge on any atom is 0.309 e. The van der Waals surface area contributed by atoms with Gasteiger partial charge in [-0.1, -0.05) is 23.8 Å². The van der Waals surface area contributed by atoms with Gasteiger partial charge >= 0.3 is 5.97 Å². The molecule has 0 fully saturated rings. The molecule has 4 heteroatoms. The molecule has 0 aliphatic carbocycles. The molecule has 94 valence electrons. The summed E-state index contributed by atoms with van der Waals surface area (Å²) in [4.78, 5) is 10.8. The Hall–Kier alpha value is -2.10. The van der Waals surface area contributed by atoms with Crippen LogP contribution in [0.2, 0.25) is 0 Å². The van der Waals surface area contributed by atoms with Gasteiger partial charge in [-0.15, -0.1) is 0 Å². The number of aromatic amines is 1. The third-order valence-electron chi connectivity index (χ3n) is 2.99. The van der Waals surface area contributed by atoms with Crippen LogP contribution in [0.3, 0.4) is 0 Å². The minimum Gasteiger partial charge on any atom is -0.481 e. The van der Waals surface area contributed by atoms with Crippen LogP contribution >= 0.6 is 0 Å². The SMILES string of the molecule is Cc1ccc(-c2c(CC(=O)O)n[nH]c2C)c(C)c1. The van der Waals surface area contributed by atoms with Crippen LogP contribution in [0.1, 0.15) is 22.5 Å². The summed E-state index contributed by atoms with van der Waals surface area (Å²) in [7, 11) is 0. The number of aromatic nitrogens is 2. The molecule has 1 aromatic carbocycles. The number of carbonyl (C=O) groups is 1. The Balaban J connectivity index is 2.55. The lowest BCUT2D eigenvalue weighted by molar-refractivity contribution is -0.136. The number of aryl methyl sites for hydroxylation is 3. The zero-order valence-electron chi connectivity index (χ0n) is 10.7. The van der Waals surface area contributed by atoms with Crippen molar-refractivity contribution in [3.05, 3.63) is 40.7 Å². The third-order valence-corrected chi connectivity index (χ3v) is 2.99. The topological polar surface area (TPSA) is 66.0 Å². The fourth-order valence-corrected chi connectivity index (χ4v) is 2.20. The van der Waals surface area contributed by atoms with Gasteiger partial charge in [-0.2, -0.15) is 5.10 Å². The Bertz CT molecular complexity index is 600. The predicted molar refractivity (Wildman–Crippen MR) is 69.6 cm³/mol. The molecule has 1 heterocycles. The average Bonchev–Trinajstić information content (AvgIpc) is 2.60. The fourth-order valence-electron chi connectivity index (χ4n) is 2.20. The molecule has 0 saturated carbocycles. The zero-order chi connectivity index (χ0) is 13.3. The second-order valence-corrected chi connectivity index (χ2v) is 4.56. The average molecular weight is 244 g/mol. The van der Waals surface area contributed by atoms with Crippen molar-refractivity contribution in [2.45, 2.75) is 27.2 Å². The Labute approximate surface area is 106 Å². The highest BCUT2D eigenvalue weighted by Gasteiger charge is 2.16. The maximum atomic E-state index is 10.8. The van der Waals surface area contributed by atoms with Crippen LogP contribution in [-0.2, 0) is 11.2 Å². The molecule has 0 unspecified atom stereocenters. The summed E-state index contributed by atoms with van der Waals surface area (Å²) in [6, 6.07) is 6.14. The van der Waals surface area contributed by atoms with Crippen LogP contribution in [0.5, 0.6) is 0 Å². The first kappa shape index (κ1) is 12.4. The van der Waals surface area contributed by atoms with Crippen LogP contribution in [0.15, 0.2) is 18.2 Å². The first-order valence-electron chi connectivity index (χ1n) is 5.82. The summed E-state index contributed by atoms with van der Waals surface area (Å²) in [6.45, 7) is 5.98. The van der Waals surface area contributed by atoms with Gasteiger partial charge in [-0.3, -0.25) is 9.89 Å². The molecule has 0 bridgehead atoms. The van der Waals surface area contributed by atoms with Gasteiger partial charge in [0.05, 0.1) is 12.1 Å². The van der Waals surface area contributed by atoms with Crippen LogP contribution in [-0.4, -0.2) is 21.3 Å². The quantitative estimate of drug-likeness (QED) is 0.872. The lowest BCUT2D eigenvalue weighted by Crippen LogP contribution is -2.02. The van der Waals surface area contributed by atoms with Gasteiger partial charge in [-0.25, -0.2) is 0 Å². The predicted octanol–water partition coefficient (Wildman–Crippen LogP) is 2.63. The molecule has 0 spiro atoms. The molecule has 0 aliphatic heterocycles. The van der Waals surface area contributed by atoms with Gasteiger partial charge in [-0.05, 0) is 31.9 Å². The molecule has 18 heavy (non-hydrogen) atoms. The minimum absolute atomic E-state index is 0.0625. The highest BCUT2D eigenvalue weighted by Crippen LogP contribution is 2.29. The minimum atomic E-state index is -0.868. The van der Waals surface area contributed by atoms with E-state index in [4.69, 9.17) is 5.11 Å². The summed E-state index contributed by atoms with van der Waals surface area (Å²) < 4.78 is 0. The van der Waals surface area contributed by atoms with E-state index >= 15 is 0 Å². The summed E-state index contributed by atoms with van der Waals surface area (Å²) >= 11 is 0. The molecule has 0 atom stereocenters. The third kappa shape index (κ3) is 2.27. The molecule has 0 aliphatic rings. The van der Waals surface area contributed by atoms with Crippen molar-refractivity contribution >= 4 is 5.97 Å². The number of H-pyrrole nitrogens is 1. The molecule has 2 rings (SSSR count). The number of hydrogen-bond donors (Lipinski definition) is 2. The van der Waals surface area contributed by atoms with Gasteiger partial charge in [0.2, 0.25) is 0 Å². The molecule has 2 N–H and O–H groups in total. The molecular weight excluding hydrogens is 228 g/mol. The number of aliphatic carboxylic acids is 1. The van der Waals surface area contributed by atoms with Crippen molar-refractivity contribution < 1.29 is 9.90 Å². The lowest BCUT2D eigenvalue weighted by Gasteiger charge is -2.08. The number of rotatable bonds is 3. The standard InChI is InChI=1S/C14H16N2O2/c1-8-4-5-11(9(2)6-8)14-10(3)15-16-12(14)7-13(17)18/h4-6H,7H2,1-3H3,(H,15,16)(H,17,18). The van der Waals surface area contributed by atoms with Gasteiger partial charge in [0.1, 0.15) is 0 Å². The van der Waals surface area contributed by atoms with Gasteiger partial charge in [0, 0.05) is 11.3 Å². The summed E-state index contributed by atoms with van der Waals surface area (Å²) in [6.07, 6.45) is -0.0625. The second-order valence-electron chi connectivity index (χ2n) is 4.56. The maximum absolute atomic E-state index is 10.8. The van der Waals surface area contributed by atoms with Gasteiger partial charge in [0.25, 0.3) is 0 Å². The van der Waals surface area contributed by atoms with E-state index in [-0.39, 0.29) is 6.42 Å². The zero-order valence-corrected chi connectivity index (χ0v) is 10.7. The van der Waals surface area contributed by atoms with E-state index in [1.54, 1.807) is 0 Å². The number of benzene rings is 1. The number of carboxylic acid groups (broad SMARTS) is 1. The molecule has 0 radical (unpaired) electrons. The number of nitrogens with zero attached hydrogens (tertiary/aromatic N) is 1. The number of nitrogens with one attached hydrogen (secondary N) is 1. The first-order valence-corrected chi connectivity index (χ1v) is 5.82. The van der Waals surface area contributed by atoms with Crippen LogP contribution < -0.4 is 0 Å². The van der Waals surface area contributed by atoms with Crippen molar-refractivity contribution in [2.24, 2.45) is 0 Å². The van der Waals surface area contributed by atoms with Crippen LogP contribution in [0.4, 0.5) is 0 Å². The second kappa shape index (κ2) is 4.64. The van der Waals surface area contributed by atoms with E-state index in [0.29, 0.717) is 5.69 Å². The van der Waals surface area contributed by atoms with E-state index in [1.165, 1.54) is 5.56 Å². The molecule has 0 amide bonds. The summed E-state index contributed by atoms with van der Waals surface area (Å²) in [5.41, 5.74) is 5.77.